The van der Waals surface area contributed by atoms with Gasteiger partial charge in [-0.25, -0.2) is 4.39 Å². The average molecular weight is 321 g/mol. The van der Waals surface area contributed by atoms with Gasteiger partial charge in [0, 0.05) is 5.75 Å². The molecule has 0 unspecified atom stereocenters. The highest BCUT2D eigenvalue weighted by molar-refractivity contribution is 7.99. The Morgan fingerprint density at radius 1 is 1.26 bits per heavy atom. The fraction of sp³-hybridized carbons (Fsp3) is 0.333. The number of hydrogen-bond donors (Lipinski definition) is 0. The Bertz CT molecular complexity index is 577. The molecule has 1 aromatic carbocycles. The van der Waals surface area contributed by atoms with E-state index in [2.05, 4.69) is 17.1 Å². The first-order valence-electron chi connectivity index (χ1n) is 5.73. The molecule has 0 spiro atoms. The summed E-state index contributed by atoms with van der Waals surface area (Å²) in [5, 5.41) is 8.45. The minimum absolute atomic E-state index is 0.0363. The van der Waals surface area contributed by atoms with Crippen LogP contribution in [-0.4, -0.2) is 16.0 Å². The summed E-state index contributed by atoms with van der Waals surface area (Å²) in [6.07, 6.45) is 2.17. The van der Waals surface area contributed by atoms with Gasteiger partial charge in [-0.1, -0.05) is 48.3 Å². The maximum atomic E-state index is 13.4. The largest absolute Gasteiger partial charge is 0.411 e. The Labute approximate surface area is 124 Å². The van der Waals surface area contributed by atoms with Crippen LogP contribution in [0.25, 0.3) is 11.5 Å². The molecule has 2 rings (SSSR count). The van der Waals surface area contributed by atoms with E-state index in [1.165, 1.54) is 23.9 Å². The number of unbranched alkanes of at least 4 members (excludes halogenated alkanes) is 1. The van der Waals surface area contributed by atoms with Gasteiger partial charge in [-0.2, -0.15) is 0 Å². The van der Waals surface area contributed by atoms with Gasteiger partial charge in [0.25, 0.3) is 5.22 Å². The second-order valence-electron chi connectivity index (χ2n) is 3.82. The van der Waals surface area contributed by atoms with Gasteiger partial charge in [0.2, 0.25) is 5.89 Å². The van der Waals surface area contributed by atoms with Crippen molar-refractivity contribution < 1.29 is 8.81 Å². The van der Waals surface area contributed by atoms with Crippen LogP contribution in [0.4, 0.5) is 4.39 Å². The minimum Gasteiger partial charge on any atom is -0.411 e. The monoisotopic (exact) mass is 320 g/mol. The van der Waals surface area contributed by atoms with Crippen molar-refractivity contribution in [3.05, 3.63) is 28.0 Å². The number of benzene rings is 1. The van der Waals surface area contributed by atoms with Crippen molar-refractivity contribution in [1.29, 1.82) is 0 Å². The zero-order valence-electron chi connectivity index (χ0n) is 10.1. The lowest BCUT2D eigenvalue weighted by Gasteiger charge is -2.00. The first-order chi connectivity index (χ1) is 9.11. The van der Waals surface area contributed by atoms with Crippen LogP contribution in [0.15, 0.2) is 21.8 Å². The maximum Gasteiger partial charge on any atom is 0.276 e. The third kappa shape index (κ3) is 3.61. The molecular formula is C12H11Cl2FN2OS. The standard InChI is InChI=1S/C12H11Cl2FN2OS/c1-2-3-4-19-12-17-16-11(18-12)7-5-10(15)9(14)6-8(7)13/h5-6H,2-4H2,1H3. The molecule has 0 saturated heterocycles. The predicted octanol–water partition coefficient (Wildman–Crippen LogP) is 5.07. The fourth-order valence-electron chi connectivity index (χ4n) is 1.37. The summed E-state index contributed by atoms with van der Waals surface area (Å²) in [7, 11) is 0. The van der Waals surface area contributed by atoms with E-state index in [1.807, 2.05) is 0 Å². The van der Waals surface area contributed by atoms with Gasteiger partial charge in [0.1, 0.15) is 5.82 Å². The second-order valence-corrected chi connectivity index (χ2v) is 5.68. The van der Waals surface area contributed by atoms with Gasteiger partial charge in [0.05, 0.1) is 15.6 Å². The van der Waals surface area contributed by atoms with Gasteiger partial charge in [0.15, 0.2) is 0 Å². The maximum absolute atomic E-state index is 13.4. The number of halogens is 3. The molecule has 1 heterocycles. The summed E-state index contributed by atoms with van der Waals surface area (Å²) in [5.74, 6) is 0.528. The normalized spacial score (nSPS) is 10.9. The van der Waals surface area contributed by atoms with Crippen LogP contribution in [0, 0.1) is 5.82 Å². The molecule has 0 aliphatic carbocycles. The number of nitrogens with zero attached hydrogens (tertiary/aromatic N) is 2. The zero-order chi connectivity index (χ0) is 13.8. The van der Waals surface area contributed by atoms with Crippen LogP contribution >= 0.6 is 35.0 Å². The van der Waals surface area contributed by atoms with Crippen LogP contribution in [0.3, 0.4) is 0 Å². The molecule has 0 bridgehead atoms. The summed E-state index contributed by atoms with van der Waals surface area (Å²) in [6, 6.07) is 2.51. The fourth-order valence-corrected chi connectivity index (χ4v) is 2.68. The van der Waals surface area contributed by atoms with Gasteiger partial charge in [-0.15, -0.1) is 10.2 Å². The lowest BCUT2D eigenvalue weighted by atomic mass is 10.2. The zero-order valence-corrected chi connectivity index (χ0v) is 12.4. The molecule has 2 aromatic rings. The number of rotatable bonds is 5. The molecule has 0 amide bonds. The van der Waals surface area contributed by atoms with E-state index in [1.54, 1.807) is 0 Å². The molecule has 0 fully saturated rings. The van der Waals surface area contributed by atoms with E-state index in [0.29, 0.717) is 10.8 Å². The van der Waals surface area contributed by atoms with Crippen molar-refractivity contribution in [3.8, 4) is 11.5 Å². The molecule has 1 aromatic heterocycles. The highest BCUT2D eigenvalue weighted by Crippen LogP contribution is 2.32. The molecule has 19 heavy (non-hydrogen) atoms. The topological polar surface area (TPSA) is 38.9 Å². The van der Waals surface area contributed by atoms with E-state index in [4.69, 9.17) is 27.6 Å². The Morgan fingerprint density at radius 2 is 2.05 bits per heavy atom. The Hall–Kier alpha value is -0.780. The van der Waals surface area contributed by atoms with Crippen LogP contribution in [0.2, 0.25) is 10.0 Å². The van der Waals surface area contributed by atoms with Gasteiger partial charge >= 0.3 is 0 Å². The molecule has 0 radical (unpaired) electrons. The molecular weight excluding hydrogens is 310 g/mol. The van der Waals surface area contributed by atoms with E-state index in [0.717, 1.165) is 18.6 Å². The summed E-state index contributed by atoms with van der Waals surface area (Å²) in [5.41, 5.74) is 0.346. The van der Waals surface area contributed by atoms with E-state index >= 15 is 0 Å². The molecule has 102 valence electrons. The Balaban J connectivity index is 2.20. The molecule has 0 aliphatic heterocycles. The quantitative estimate of drug-likeness (QED) is 0.437. The van der Waals surface area contributed by atoms with Crippen molar-refractivity contribution in [3.63, 3.8) is 0 Å². The second kappa shape index (κ2) is 6.59. The summed E-state index contributed by atoms with van der Waals surface area (Å²) < 4.78 is 18.9. The molecule has 3 nitrogen and oxygen atoms in total. The first-order valence-corrected chi connectivity index (χ1v) is 7.47. The van der Waals surface area contributed by atoms with E-state index < -0.39 is 5.82 Å². The lowest BCUT2D eigenvalue weighted by Crippen LogP contribution is -1.84. The molecule has 0 N–H and O–H groups in total. The van der Waals surface area contributed by atoms with Crippen molar-refractivity contribution >= 4 is 35.0 Å². The molecule has 7 heteroatoms. The lowest BCUT2D eigenvalue weighted by molar-refractivity contribution is 0.465. The Morgan fingerprint density at radius 3 is 2.79 bits per heavy atom. The number of thioether (sulfide) groups is 1. The summed E-state index contributed by atoms with van der Waals surface area (Å²) >= 11 is 13.1. The molecule has 0 saturated carbocycles. The van der Waals surface area contributed by atoms with Crippen molar-refractivity contribution in [1.82, 2.24) is 10.2 Å². The van der Waals surface area contributed by atoms with Gasteiger partial charge in [-0.3, -0.25) is 0 Å². The van der Waals surface area contributed by atoms with Gasteiger partial charge in [-0.05, 0) is 18.6 Å². The third-order valence-electron chi connectivity index (χ3n) is 2.37. The van der Waals surface area contributed by atoms with Crippen molar-refractivity contribution in [2.75, 3.05) is 5.75 Å². The third-order valence-corrected chi connectivity index (χ3v) is 3.88. The summed E-state index contributed by atoms with van der Waals surface area (Å²) in [4.78, 5) is 0. The average Bonchev–Trinajstić information content (AvgIpc) is 2.83. The van der Waals surface area contributed by atoms with Crippen LogP contribution < -0.4 is 0 Å². The minimum atomic E-state index is -0.570. The number of aromatic nitrogens is 2. The highest BCUT2D eigenvalue weighted by Gasteiger charge is 2.15. The summed E-state index contributed by atoms with van der Waals surface area (Å²) in [6.45, 7) is 2.11. The van der Waals surface area contributed by atoms with Crippen molar-refractivity contribution in [2.45, 2.75) is 25.0 Å². The van der Waals surface area contributed by atoms with E-state index in [-0.39, 0.29) is 15.9 Å². The van der Waals surface area contributed by atoms with Crippen LogP contribution in [-0.2, 0) is 0 Å². The predicted molar refractivity (Wildman–Crippen MR) is 75.3 cm³/mol. The molecule has 0 aliphatic rings. The number of hydrogen-bond acceptors (Lipinski definition) is 4. The smallest absolute Gasteiger partial charge is 0.276 e. The van der Waals surface area contributed by atoms with Crippen LogP contribution in [0.1, 0.15) is 19.8 Å². The van der Waals surface area contributed by atoms with E-state index in [9.17, 15) is 4.39 Å². The van der Waals surface area contributed by atoms with Crippen LogP contribution in [0.5, 0.6) is 0 Å². The highest BCUT2D eigenvalue weighted by atomic mass is 35.5. The Kier molecular flexibility index (Phi) is 5.07. The first kappa shape index (κ1) is 14.6. The molecule has 0 atom stereocenters. The SMILES string of the molecule is CCCCSc1nnc(-c2cc(F)c(Cl)cc2Cl)o1. The van der Waals surface area contributed by atoms with Crippen molar-refractivity contribution in [2.24, 2.45) is 0 Å². The van der Waals surface area contributed by atoms with Gasteiger partial charge < -0.3 is 4.42 Å².